The Kier molecular flexibility index (Phi) is 4.79. The number of benzene rings is 2. The average Bonchev–Trinajstić information content (AvgIpc) is 2.70. The van der Waals surface area contributed by atoms with Gasteiger partial charge in [0.1, 0.15) is 5.82 Å². The molecule has 4 rings (SSSR count). The number of carboxylic acids is 1. The lowest BCUT2D eigenvalue weighted by molar-refractivity contribution is 0.0698. The lowest BCUT2D eigenvalue weighted by Gasteiger charge is -2.20. The number of ether oxygens (including phenoxy) is 1. The van der Waals surface area contributed by atoms with Crippen LogP contribution in [0.25, 0.3) is 16.5 Å². The minimum absolute atomic E-state index is 0.160. The zero-order valence-corrected chi connectivity index (χ0v) is 15.3. The number of rotatable bonds is 4. The van der Waals surface area contributed by atoms with Crippen molar-refractivity contribution in [3.05, 3.63) is 71.2 Å². The van der Waals surface area contributed by atoms with E-state index < -0.39 is 5.97 Å². The monoisotopic (exact) mass is 378 g/mol. The Morgan fingerprint density at radius 3 is 2.86 bits per heavy atom. The first-order valence-electron chi connectivity index (χ1n) is 8.99. The SMILES string of the molecule is Cc1ccc(Nc2c(C3=CCOCC3)cnc3ccc(F)cc23)c(C(=O)O)c1. The number of anilines is 2. The number of aromatic carboxylic acids is 1. The van der Waals surface area contributed by atoms with Gasteiger partial charge in [-0.25, -0.2) is 9.18 Å². The molecule has 6 heteroatoms. The van der Waals surface area contributed by atoms with Crippen LogP contribution in [0.5, 0.6) is 0 Å². The number of hydrogen-bond acceptors (Lipinski definition) is 4. The maximum absolute atomic E-state index is 14.0. The van der Waals surface area contributed by atoms with Gasteiger partial charge in [-0.05, 0) is 49.2 Å². The van der Waals surface area contributed by atoms with Gasteiger partial charge in [0, 0.05) is 17.1 Å². The maximum Gasteiger partial charge on any atom is 0.337 e. The van der Waals surface area contributed by atoms with Gasteiger partial charge >= 0.3 is 5.97 Å². The summed E-state index contributed by atoms with van der Waals surface area (Å²) in [6, 6.07) is 9.58. The van der Waals surface area contributed by atoms with E-state index in [9.17, 15) is 14.3 Å². The summed E-state index contributed by atoms with van der Waals surface area (Å²) < 4.78 is 19.4. The van der Waals surface area contributed by atoms with Gasteiger partial charge < -0.3 is 15.2 Å². The van der Waals surface area contributed by atoms with E-state index in [4.69, 9.17) is 4.74 Å². The van der Waals surface area contributed by atoms with E-state index >= 15 is 0 Å². The second kappa shape index (κ2) is 7.40. The summed E-state index contributed by atoms with van der Waals surface area (Å²) in [6.45, 7) is 2.93. The maximum atomic E-state index is 14.0. The summed E-state index contributed by atoms with van der Waals surface area (Å²) in [6.07, 6.45) is 4.43. The molecule has 0 saturated carbocycles. The molecule has 2 heterocycles. The molecule has 0 atom stereocenters. The molecule has 0 aliphatic carbocycles. The van der Waals surface area contributed by atoms with Crippen molar-refractivity contribution >= 4 is 33.8 Å². The minimum Gasteiger partial charge on any atom is -0.478 e. The van der Waals surface area contributed by atoms with Crippen LogP contribution < -0.4 is 5.32 Å². The Bertz CT molecular complexity index is 1110. The van der Waals surface area contributed by atoms with Crippen LogP contribution in [0.2, 0.25) is 0 Å². The van der Waals surface area contributed by atoms with E-state index in [0.29, 0.717) is 41.9 Å². The number of carbonyl (C=O) groups is 1. The van der Waals surface area contributed by atoms with Crippen molar-refractivity contribution in [3.63, 3.8) is 0 Å². The summed E-state index contributed by atoms with van der Waals surface area (Å²) >= 11 is 0. The number of aryl methyl sites for hydroxylation is 1. The zero-order valence-electron chi connectivity index (χ0n) is 15.3. The predicted octanol–water partition coefficient (Wildman–Crippen LogP) is 4.93. The third-order valence-corrected chi connectivity index (χ3v) is 4.80. The number of nitrogens with one attached hydrogen (secondary N) is 1. The molecule has 142 valence electrons. The summed E-state index contributed by atoms with van der Waals surface area (Å²) in [7, 11) is 0. The number of fused-ring (bicyclic) bond motifs is 1. The highest BCUT2D eigenvalue weighted by Crippen LogP contribution is 2.36. The first kappa shape index (κ1) is 18.1. The fraction of sp³-hybridized carbons (Fsp3) is 0.182. The van der Waals surface area contributed by atoms with Crippen LogP contribution in [0.15, 0.2) is 48.7 Å². The minimum atomic E-state index is -1.03. The van der Waals surface area contributed by atoms with Crippen LogP contribution in [-0.2, 0) is 4.74 Å². The third-order valence-electron chi connectivity index (χ3n) is 4.80. The number of hydrogen-bond donors (Lipinski definition) is 2. The van der Waals surface area contributed by atoms with Crippen molar-refractivity contribution < 1.29 is 19.0 Å². The lowest BCUT2D eigenvalue weighted by atomic mass is 9.98. The molecule has 1 aliphatic rings. The van der Waals surface area contributed by atoms with Crippen molar-refractivity contribution in [2.24, 2.45) is 0 Å². The molecule has 2 N–H and O–H groups in total. The molecule has 3 aromatic rings. The van der Waals surface area contributed by atoms with Gasteiger partial charge in [-0.2, -0.15) is 0 Å². The van der Waals surface area contributed by atoms with E-state index in [1.165, 1.54) is 12.1 Å². The Morgan fingerprint density at radius 1 is 1.25 bits per heavy atom. The molecular formula is C22H19FN2O3. The molecule has 1 aliphatic heterocycles. The molecule has 1 aromatic heterocycles. The number of aromatic nitrogens is 1. The topological polar surface area (TPSA) is 71.5 Å². The first-order chi connectivity index (χ1) is 13.5. The molecule has 0 spiro atoms. The normalized spacial score (nSPS) is 14.0. The van der Waals surface area contributed by atoms with E-state index in [2.05, 4.69) is 10.3 Å². The van der Waals surface area contributed by atoms with Crippen molar-refractivity contribution in [2.45, 2.75) is 13.3 Å². The fourth-order valence-corrected chi connectivity index (χ4v) is 3.39. The Morgan fingerprint density at radius 2 is 2.11 bits per heavy atom. The fourth-order valence-electron chi connectivity index (χ4n) is 3.39. The van der Waals surface area contributed by atoms with Gasteiger partial charge in [0.25, 0.3) is 0 Å². The van der Waals surface area contributed by atoms with Crippen LogP contribution in [0.3, 0.4) is 0 Å². The van der Waals surface area contributed by atoms with Gasteiger partial charge in [-0.15, -0.1) is 0 Å². The van der Waals surface area contributed by atoms with Gasteiger partial charge in [-0.3, -0.25) is 4.98 Å². The van der Waals surface area contributed by atoms with E-state index in [0.717, 1.165) is 16.7 Å². The second-order valence-electron chi connectivity index (χ2n) is 6.74. The average molecular weight is 378 g/mol. The van der Waals surface area contributed by atoms with Crippen molar-refractivity contribution in [1.82, 2.24) is 4.98 Å². The summed E-state index contributed by atoms with van der Waals surface area (Å²) in [4.78, 5) is 16.2. The Labute approximate surface area is 161 Å². The molecule has 0 unspecified atom stereocenters. The number of nitrogens with zero attached hydrogens (tertiary/aromatic N) is 1. The van der Waals surface area contributed by atoms with Crippen LogP contribution >= 0.6 is 0 Å². The highest BCUT2D eigenvalue weighted by molar-refractivity contribution is 6.02. The molecule has 0 radical (unpaired) electrons. The lowest BCUT2D eigenvalue weighted by Crippen LogP contribution is -2.08. The number of halogens is 1. The van der Waals surface area contributed by atoms with E-state index in [1.807, 2.05) is 19.1 Å². The molecule has 2 aromatic carbocycles. The van der Waals surface area contributed by atoms with Gasteiger partial charge in [0.2, 0.25) is 0 Å². The predicted molar refractivity (Wildman–Crippen MR) is 107 cm³/mol. The van der Waals surface area contributed by atoms with Gasteiger partial charge in [0.15, 0.2) is 0 Å². The molecule has 0 amide bonds. The van der Waals surface area contributed by atoms with Gasteiger partial charge in [0.05, 0.1) is 35.7 Å². The number of carboxylic acid groups (broad SMARTS) is 1. The van der Waals surface area contributed by atoms with Crippen molar-refractivity contribution in [3.8, 4) is 0 Å². The molecule has 0 saturated heterocycles. The van der Waals surface area contributed by atoms with Crippen molar-refractivity contribution in [1.29, 1.82) is 0 Å². The van der Waals surface area contributed by atoms with Crippen LogP contribution in [0, 0.1) is 12.7 Å². The highest BCUT2D eigenvalue weighted by atomic mass is 19.1. The summed E-state index contributed by atoms with van der Waals surface area (Å²) in [5.41, 5.74) is 4.58. The van der Waals surface area contributed by atoms with Crippen molar-refractivity contribution in [2.75, 3.05) is 18.5 Å². The smallest absolute Gasteiger partial charge is 0.337 e. The molecule has 5 nitrogen and oxygen atoms in total. The molecular weight excluding hydrogens is 359 g/mol. The second-order valence-corrected chi connectivity index (χ2v) is 6.74. The van der Waals surface area contributed by atoms with Gasteiger partial charge in [-0.1, -0.05) is 17.7 Å². The Balaban J connectivity index is 1.92. The Hall–Kier alpha value is -3.25. The summed E-state index contributed by atoms with van der Waals surface area (Å²) in [5.74, 6) is -1.40. The third kappa shape index (κ3) is 3.46. The first-order valence-corrected chi connectivity index (χ1v) is 8.99. The quantitative estimate of drug-likeness (QED) is 0.674. The molecule has 0 fully saturated rings. The number of pyridine rings is 1. The molecule has 28 heavy (non-hydrogen) atoms. The van der Waals surface area contributed by atoms with Crippen LogP contribution in [-0.4, -0.2) is 29.3 Å². The highest BCUT2D eigenvalue weighted by Gasteiger charge is 2.18. The largest absolute Gasteiger partial charge is 0.478 e. The van der Waals surface area contributed by atoms with E-state index in [1.54, 1.807) is 24.4 Å². The van der Waals surface area contributed by atoms with Crippen LogP contribution in [0.4, 0.5) is 15.8 Å². The van der Waals surface area contributed by atoms with E-state index in [-0.39, 0.29) is 11.4 Å². The zero-order chi connectivity index (χ0) is 19.7. The molecule has 0 bridgehead atoms. The summed E-state index contributed by atoms with van der Waals surface area (Å²) in [5, 5.41) is 13.5. The van der Waals surface area contributed by atoms with Crippen LogP contribution in [0.1, 0.15) is 27.9 Å². The standard InChI is InChI=1S/C22H19FN2O3/c1-13-2-4-20(17(10-13)22(26)27)25-21-16-11-15(23)3-5-19(16)24-12-18(21)14-6-8-28-9-7-14/h2-6,10-12H,7-9H2,1H3,(H,24,25)(H,26,27).